The fraction of sp³-hybridized carbons (Fsp3) is 0.333. The number of nitro groups is 1. The highest BCUT2D eigenvalue weighted by Gasteiger charge is 2.23. The number of benzene rings is 2. The van der Waals surface area contributed by atoms with Gasteiger partial charge in [0.05, 0.1) is 24.7 Å². The molecule has 1 fully saturated rings. The van der Waals surface area contributed by atoms with Gasteiger partial charge in [-0.1, -0.05) is 30.3 Å². The summed E-state index contributed by atoms with van der Waals surface area (Å²) >= 11 is 0. The van der Waals surface area contributed by atoms with E-state index >= 15 is 0 Å². The second kappa shape index (κ2) is 7.42. The Balaban J connectivity index is 1.75. The molecule has 0 aliphatic carbocycles. The van der Waals surface area contributed by atoms with E-state index in [-0.39, 0.29) is 16.7 Å². The van der Waals surface area contributed by atoms with E-state index in [1.165, 1.54) is 6.07 Å². The Kier molecular flexibility index (Phi) is 5.08. The number of hydrogen-bond donors (Lipinski definition) is 0. The summed E-state index contributed by atoms with van der Waals surface area (Å²) in [7, 11) is 1.58. The van der Waals surface area contributed by atoms with E-state index < -0.39 is 0 Å². The minimum Gasteiger partial charge on any atom is -0.496 e. The van der Waals surface area contributed by atoms with E-state index in [4.69, 9.17) is 9.47 Å². The van der Waals surface area contributed by atoms with Gasteiger partial charge in [-0.15, -0.1) is 0 Å². The van der Waals surface area contributed by atoms with Crippen molar-refractivity contribution in [3.8, 4) is 5.75 Å². The quantitative estimate of drug-likeness (QED) is 0.623. The fourth-order valence-corrected chi connectivity index (χ4v) is 2.96. The van der Waals surface area contributed by atoms with E-state index in [1.807, 2.05) is 18.2 Å². The zero-order chi connectivity index (χ0) is 16.9. The maximum Gasteiger partial charge on any atom is 0.270 e. The van der Waals surface area contributed by atoms with Crippen LogP contribution in [-0.2, 0) is 11.3 Å². The predicted octanol–water partition coefficient (Wildman–Crippen LogP) is 3.18. The molecule has 2 aromatic rings. The van der Waals surface area contributed by atoms with Crippen molar-refractivity contribution >= 4 is 5.69 Å². The third kappa shape index (κ3) is 3.72. The number of rotatable bonds is 5. The zero-order valence-electron chi connectivity index (χ0n) is 13.6. The monoisotopic (exact) mass is 328 g/mol. The standard InChI is InChI=1S/C18H20N2O4/c1-23-17-8-7-16(20(21)22)11-15(17)12-19-9-10-24-18(13-19)14-5-3-2-4-6-14/h2-8,11,18H,9-10,12-13H2,1H3. The van der Waals surface area contributed by atoms with E-state index in [1.54, 1.807) is 19.2 Å². The van der Waals surface area contributed by atoms with Crippen LogP contribution < -0.4 is 4.74 Å². The second-order valence-corrected chi connectivity index (χ2v) is 5.76. The maximum atomic E-state index is 11.0. The number of ether oxygens (including phenoxy) is 2. The number of methoxy groups -OCH3 is 1. The second-order valence-electron chi connectivity index (χ2n) is 5.76. The molecule has 1 aliphatic rings. The van der Waals surface area contributed by atoms with Crippen molar-refractivity contribution in [2.45, 2.75) is 12.6 Å². The van der Waals surface area contributed by atoms with Crippen LogP contribution in [0.5, 0.6) is 5.75 Å². The van der Waals surface area contributed by atoms with Gasteiger partial charge in [-0.25, -0.2) is 0 Å². The highest BCUT2D eigenvalue weighted by atomic mass is 16.6. The van der Waals surface area contributed by atoms with Crippen LogP contribution in [0.3, 0.4) is 0 Å². The molecule has 3 rings (SSSR count). The molecule has 1 aliphatic heterocycles. The van der Waals surface area contributed by atoms with Crippen molar-refractivity contribution in [3.63, 3.8) is 0 Å². The summed E-state index contributed by atoms with van der Waals surface area (Å²) in [4.78, 5) is 12.9. The van der Waals surface area contributed by atoms with Crippen molar-refractivity contribution in [3.05, 3.63) is 69.8 Å². The number of hydrogen-bond acceptors (Lipinski definition) is 5. The Bertz CT molecular complexity index is 705. The van der Waals surface area contributed by atoms with Crippen LogP contribution in [0.1, 0.15) is 17.2 Å². The summed E-state index contributed by atoms with van der Waals surface area (Å²) in [6, 6.07) is 14.8. The molecule has 0 bridgehead atoms. The van der Waals surface area contributed by atoms with Gasteiger partial charge in [0.2, 0.25) is 0 Å². The first-order valence-electron chi connectivity index (χ1n) is 7.87. The van der Waals surface area contributed by atoms with Gasteiger partial charge in [0.25, 0.3) is 5.69 Å². The van der Waals surface area contributed by atoms with Crippen molar-refractivity contribution in [1.82, 2.24) is 4.90 Å². The summed E-state index contributed by atoms with van der Waals surface area (Å²) in [6.07, 6.45) is 0.0182. The topological polar surface area (TPSA) is 64.8 Å². The third-order valence-electron chi connectivity index (χ3n) is 4.19. The van der Waals surface area contributed by atoms with E-state index in [9.17, 15) is 10.1 Å². The van der Waals surface area contributed by atoms with Crippen LogP contribution in [0.4, 0.5) is 5.69 Å². The molecule has 6 nitrogen and oxygen atoms in total. The Morgan fingerprint density at radius 1 is 1.29 bits per heavy atom. The van der Waals surface area contributed by atoms with Crippen molar-refractivity contribution in [2.24, 2.45) is 0 Å². The fourth-order valence-electron chi connectivity index (χ4n) is 2.96. The minimum absolute atomic E-state index is 0.0182. The van der Waals surface area contributed by atoms with Crippen LogP contribution >= 0.6 is 0 Å². The van der Waals surface area contributed by atoms with Gasteiger partial charge in [0.15, 0.2) is 0 Å². The van der Waals surface area contributed by atoms with Crippen LogP contribution in [-0.4, -0.2) is 36.6 Å². The molecule has 24 heavy (non-hydrogen) atoms. The Morgan fingerprint density at radius 3 is 2.79 bits per heavy atom. The molecule has 1 unspecified atom stereocenters. The number of nitro benzene ring substituents is 1. The molecule has 0 saturated carbocycles. The summed E-state index contributed by atoms with van der Waals surface area (Å²) in [5.74, 6) is 0.670. The largest absolute Gasteiger partial charge is 0.496 e. The first-order chi connectivity index (χ1) is 11.7. The minimum atomic E-state index is -0.380. The summed E-state index contributed by atoms with van der Waals surface area (Å²) in [5, 5.41) is 11.0. The van der Waals surface area contributed by atoms with E-state index in [0.717, 1.165) is 24.2 Å². The Hall–Kier alpha value is -2.44. The lowest BCUT2D eigenvalue weighted by Crippen LogP contribution is -2.37. The van der Waals surface area contributed by atoms with E-state index in [2.05, 4.69) is 17.0 Å². The molecule has 1 heterocycles. The lowest BCUT2D eigenvalue weighted by Gasteiger charge is -2.33. The third-order valence-corrected chi connectivity index (χ3v) is 4.19. The molecule has 6 heteroatoms. The van der Waals surface area contributed by atoms with Gasteiger partial charge in [-0.2, -0.15) is 0 Å². The van der Waals surface area contributed by atoms with Crippen molar-refractivity contribution < 1.29 is 14.4 Å². The molecule has 2 aromatic carbocycles. The molecular formula is C18H20N2O4. The number of morpholine rings is 1. The van der Waals surface area contributed by atoms with Gasteiger partial charge < -0.3 is 9.47 Å². The number of nitrogens with zero attached hydrogens (tertiary/aromatic N) is 2. The van der Waals surface area contributed by atoms with Gasteiger partial charge in [0.1, 0.15) is 5.75 Å². The normalized spacial score (nSPS) is 18.3. The summed E-state index contributed by atoms with van der Waals surface area (Å²) in [6.45, 7) is 2.76. The molecule has 1 saturated heterocycles. The Morgan fingerprint density at radius 2 is 2.08 bits per heavy atom. The molecule has 126 valence electrons. The van der Waals surface area contributed by atoms with Crippen molar-refractivity contribution in [1.29, 1.82) is 0 Å². The Labute approximate surface area is 140 Å². The average Bonchev–Trinajstić information content (AvgIpc) is 2.62. The van der Waals surface area contributed by atoms with Gasteiger partial charge in [-0.05, 0) is 11.6 Å². The molecular weight excluding hydrogens is 308 g/mol. The molecule has 0 radical (unpaired) electrons. The van der Waals surface area contributed by atoms with Crippen LogP contribution in [0, 0.1) is 10.1 Å². The molecule has 0 spiro atoms. The zero-order valence-corrected chi connectivity index (χ0v) is 13.6. The van der Waals surface area contributed by atoms with Crippen LogP contribution in [0.25, 0.3) is 0 Å². The predicted molar refractivity (Wildman–Crippen MR) is 90.1 cm³/mol. The summed E-state index contributed by atoms with van der Waals surface area (Å²) in [5.41, 5.74) is 2.05. The summed E-state index contributed by atoms with van der Waals surface area (Å²) < 4.78 is 11.2. The highest BCUT2D eigenvalue weighted by molar-refractivity contribution is 5.43. The maximum absolute atomic E-state index is 11.0. The lowest BCUT2D eigenvalue weighted by atomic mass is 10.1. The lowest BCUT2D eigenvalue weighted by molar-refractivity contribution is -0.385. The first-order valence-corrected chi connectivity index (χ1v) is 7.87. The first kappa shape index (κ1) is 16.4. The van der Waals surface area contributed by atoms with Gasteiger partial charge in [0, 0.05) is 37.3 Å². The van der Waals surface area contributed by atoms with E-state index in [0.29, 0.717) is 18.9 Å². The smallest absolute Gasteiger partial charge is 0.270 e. The van der Waals surface area contributed by atoms with Crippen molar-refractivity contribution in [2.75, 3.05) is 26.8 Å². The van der Waals surface area contributed by atoms with Gasteiger partial charge in [-0.3, -0.25) is 15.0 Å². The molecule has 0 aromatic heterocycles. The number of non-ortho nitro benzene ring substituents is 1. The molecule has 0 N–H and O–H groups in total. The average molecular weight is 328 g/mol. The van der Waals surface area contributed by atoms with Gasteiger partial charge >= 0.3 is 0 Å². The molecule has 1 atom stereocenters. The molecule has 0 amide bonds. The highest BCUT2D eigenvalue weighted by Crippen LogP contribution is 2.28. The van der Waals surface area contributed by atoms with Crippen LogP contribution in [0.2, 0.25) is 0 Å². The van der Waals surface area contributed by atoms with Crippen LogP contribution in [0.15, 0.2) is 48.5 Å². The SMILES string of the molecule is COc1ccc([N+](=O)[O-])cc1CN1CCOC(c2ccccc2)C1.